The van der Waals surface area contributed by atoms with Crippen LogP contribution in [-0.2, 0) is 46.9 Å². The molecule has 0 bridgehead atoms. The molecule has 3 heterocycles. The first kappa shape index (κ1) is 40.1. The molecule has 2 aliphatic rings. The van der Waals surface area contributed by atoms with Crippen molar-refractivity contribution in [3.63, 3.8) is 0 Å². The molecule has 0 saturated heterocycles. The number of halogens is 2. The Kier molecular flexibility index (Phi) is 11.8. The van der Waals surface area contributed by atoms with Crippen LogP contribution in [0.2, 0.25) is 10.2 Å². The molecule has 2 amide bonds. The van der Waals surface area contributed by atoms with Crippen molar-refractivity contribution in [1.29, 1.82) is 5.26 Å². The number of carbonyl (C=O) groups is 3. The van der Waals surface area contributed by atoms with E-state index in [1.54, 1.807) is 48.7 Å². The van der Waals surface area contributed by atoms with E-state index in [9.17, 15) is 19.5 Å². The molecule has 1 unspecified atom stereocenters. The highest BCUT2D eigenvalue weighted by Crippen LogP contribution is 2.40. The average Bonchev–Trinajstić information content (AvgIpc) is 3.26. The zero-order valence-corrected chi connectivity index (χ0v) is 33.5. The highest BCUT2D eigenvalue weighted by molar-refractivity contribution is 6.41. The number of pyridine rings is 1. The summed E-state index contributed by atoms with van der Waals surface area (Å²) in [7, 11) is 0. The predicted octanol–water partition coefficient (Wildman–Crippen LogP) is 8.32. The fourth-order valence-electron chi connectivity index (χ4n) is 7.43. The topological polar surface area (TPSA) is 154 Å². The standard InChI is InChI=1S/C47H37Cl2N5O6/c48-38-18-31(24-51-44(38)49)27-59-37-16-14-34(15-17-37)43-46(56)52-39-20-35-21-41(54(25-30-4-2-1-3-5-30)26-36(35)22-42(39)60-43)45(55)53-40(47(57)58)19-28-6-10-32(11-7-28)33-12-8-29(23-50)9-13-33/h1-18,20,22,24,40-41,43H,19,21,25-27H2,(H,52,56)(H,53,55)(H,57,58)/t40-,41-,43?/m0/s1. The lowest BCUT2D eigenvalue weighted by Gasteiger charge is -2.37. The van der Waals surface area contributed by atoms with Gasteiger partial charge >= 0.3 is 5.97 Å². The number of nitrogens with zero attached hydrogens (tertiary/aromatic N) is 3. The van der Waals surface area contributed by atoms with Gasteiger partial charge in [-0.3, -0.25) is 14.5 Å². The van der Waals surface area contributed by atoms with E-state index in [-0.39, 0.29) is 30.5 Å². The predicted molar refractivity (Wildman–Crippen MR) is 227 cm³/mol. The molecule has 3 N–H and O–H groups in total. The fraction of sp³-hybridized carbons (Fsp3) is 0.170. The Morgan fingerprint density at radius 2 is 1.63 bits per heavy atom. The molecule has 13 heteroatoms. The summed E-state index contributed by atoms with van der Waals surface area (Å²) in [4.78, 5) is 46.2. The van der Waals surface area contributed by atoms with Crippen LogP contribution >= 0.6 is 23.2 Å². The van der Waals surface area contributed by atoms with Gasteiger partial charge in [0.05, 0.1) is 28.4 Å². The Morgan fingerprint density at radius 3 is 2.32 bits per heavy atom. The third kappa shape index (κ3) is 9.12. The molecule has 0 saturated carbocycles. The molecule has 0 fully saturated rings. The van der Waals surface area contributed by atoms with Crippen molar-refractivity contribution in [2.45, 2.75) is 50.7 Å². The van der Waals surface area contributed by atoms with Crippen LogP contribution < -0.4 is 20.1 Å². The first-order valence-electron chi connectivity index (χ1n) is 19.2. The molecule has 0 radical (unpaired) electrons. The number of fused-ring (bicyclic) bond motifs is 2. The van der Waals surface area contributed by atoms with Crippen molar-refractivity contribution >= 4 is 46.7 Å². The molecule has 11 nitrogen and oxygen atoms in total. The minimum atomic E-state index is -1.17. The van der Waals surface area contributed by atoms with Gasteiger partial charge in [0, 0.05) is 36.8 Å². The molecule has 5 aromatic carbocycles. The molecule has 0 aliphatic carbocycles. The lowest BCUT2D eigenvalue weighted by Crippen LogP contribution is -2.54. The highest BCUT2D eigenvalue weighted by Gasteiger charge is 2.36. The molecule has 6 aromatic rings. The summed E-state index contributed by atoms with van der Waals surface area (Å²) in [5.74, 6) is -0.807. The zero-order valence-electron chi connectivity index (χ0n) is 32.0. The normalized spacial score (nSPS) is 16.2. The van der Waals surface area contributed by atoms with Crippen LogP contribution in [0.25, 0.3) is 11.1 Å². The van der Waals surface area contributed by atoms with Crippen molar-refractivity contribution in [1.82, 2.24) is 15.2 Å². The molecule has 60 heavy (non-hydrogen) atoms. The van der Waals surface area contributed by atoms with E-state index in [4.69, 9.17) is 37.9 Å². The number of benzene rings is 5. The van der Waals surface area contributed by atoms with Crippen LogP contribution in [0.5, 0.6) is 11.5 Å². The van der Waals surface area contributed by atoms with Gasteiger partial charge in [-0.2, -0.15) is 5.26 Å². The first-order valence-corrected chi connectivity index (χ1v) is 19.9. The summed E-state index contributed by atoms with van der Waals surface area (Å²) in [6, 6.07) is 37.3. The van der Waals surface area contributed by atoms with Crippen LogP contribution in [0.15, 0.2) is 128 Å². The number of hydrogen-bond acceptors (Lipinski definition) is 8. The third-order valence-electron chi connectivity index (χ3n) is 10.6. The quantitative estimate of drug-likeness (QED) is 0.103. The van der Waals surface area contributed by atoms with Crippen LogP contribution in [0.3, 0.4) is 0 Å². The minimum absolute atomic E-state index is 0.0843. The number of nitrogens with one attached hydrogen (secondary N) is 2. The molecule has 1 aromatic heterocycles. The summed E-state index contributed by atoms with van der Waals surface area (Å²) in [5.41, 5.74) is 7.83. The smallest absolute Gasteiger partial charge is 0.326 e. The lowest BCUT2D eigenvalue weighted by molar-refractivity contribution is -0.142. The van der Waals surface area contributed by atoms with E-state index in [0.717, 1.165) is 38.9 Å². The first-order chi connectivity index (χ1) is 29.1. The van der Waals surface area contributed by atoms with Gasteiger partial charge in [0.15, 0.2) is 0 Å². The van der Waals surface area contributed by atoms with Crippen molar-refractivity contribution in [3.8, 4) is 28.7 Å². The van der Waals surface area contributed by atoms with Crippen molar-refractivity contribution in [2.75, 3.05) is 5.32 Å². The second-order valence-electron chi connectivity index (χ2n) is 14.7. The number of carboxylic acid groups (broad SMARTS) is 1. The largest absolute Gasteiger partial charge is 0.489 e. The summed E-state index contributed by atoms with van der Waals surface area (Å²) in [5, 5.41) is 25.8. The van der Waals surface area contributed by atoms with E-state index in [1.807, 2.05) is 83.8 Å². The maximum atomic E-state index is 14.2. The minimum Gasteiger partial charge on any atom is -0.489 e. The SMILES string of the molecule is N#Cc1ccc(-c2ccc(C[C@H](NC(=O)[C@@H]3Cc4cc5c(cc4CN3Cc3ccccc3)OC(c3ccc(OCc4cnc(Cl)c(Cl)c4)cc3)C(=O)N5)C(=O)O)cc2)cc1. The molecule has 3 atom stereocenters. The zero-order chi connectivity index (χ0) is 41.8. The molecule has 8 rings (SSSR count). The molecule has 300 valence electrons. The Hall–Kier alpha value is -6.71. The number of aliphatic carboxylic acids is 1. The number of carbonyl (C=O) groups excluding carboxylic acids is 2. The molecular weight excluding hydrogens is 801 g/mol. The van der Waals surface area contributed by atoms with Gasteiger partial charge in [-0.05, 0) is 82.3 Å². The van der Waals surface area contributed by atoms with E-state index in [1.165, 1.54) is 0 Å². The van der Waals surface area contributed by atoms with Gasteiger partial charge in [-0.1, -0.05) is 102 Å². The Morgan fingerprint density at radius 1 is 0.917 bits per heavy atom. The Balaban J connectivity index is 0.972. The number of nitriles is 1. The molecule has 0 spiro atoms. The fourth-order valence-corrected chi connectivity index (χ4v) is 7.72. The van der Waals surface area contributed by atoms with E-state index in [0.29, 0.717) is 46.4 Å². The molecule has 2 aliphatic heterocycles. The summed E-state index contributed by atoms with van der Waals surface area (Å²) >= 11 is 12.0. The number of anilines is 1. The summed E-state index contributed by atoms with van der Waals surface area (Å²) in [6.45, 7) is 1.05. The highest BCUT2D eigenvalue weighted by atomic mass is 35.5. The second kappa shape index (κ2) is 17.6. The van der Waals surface area contributed by atoms with E-state index < -0.39 is 30.1 Å². The monoisotopic (exact) mass is 837 g/mol. The van der Waals surface area contributed by atoms with Gasteiger partial charge in [0.1, 0.15) is 29.3 Å². The Labute approximate surface area is 356 Å². The average molecular weight is 839 g/mol. The number of hydrogen-bond donors (Lipinski definition) is 3. The van der Waals surface area contributed by atoms with Gasteiger partial charge in [0.25, 0.3) is 5.91 Å². The third-order valence-corrected chi connectivity index (χ3v) is 11.3. The lowest BCUT2D eigenvalue weighted by atomic mass is 9.91. The van der Waals surface area contributed by atoms with Crippen molar-refractivity contribution < 1.29 is 29.0 Å². The van der Waals surface area contributed by atoms with Gasteiger partial charge in [-0.15, -0.1) is 0 Å². The summed E-state index contributed by atoms with van der Waals surface area (Å²) < 4.78 is 12.2. The van der Waals surface area contributed by atoms with Crippen LogP contribution in [0.4, 0.5) is 5.69 Å². The Bertz CT molecular complexity index is 2600. The van der Waals surface area contributed by atoms with Crippen LogP contribution in [-0.4, -0.2) is 44.9 Å². The number of carboxylic acids is 1. The molecular formula is C47H37Cl2N5O6. The van der Waals surface area contributed by atoms with Gasteiger partial charge < -0.3 is 25.2 Å². The van der Waals surface area contributed by atoms with Crippen LogP contribution in [0, 0.1) is 11.3 Å². The number of amides is 2. The maximum absolute atomic E-state index is 14.2. The number of rotatable bonds is 12. The van der Waals surface area contributed by atoms with E-state index >= 15 is 0 Å². The summed E-state index contributed by atoms with van der Waals surface area (Å²) in [6.07, 6.45) is 1.05. The van der Waals surface area contributed by atoms with Gasteiger partial charge in [0.2, 0.25) is 12.0 Å². The second-order valence-corrected chi connectivity index (χ2v) is 15.4. The number of aromatic nitrogens is 1. The van der Waals surface area contributed by atoms with Gasteiger partial charge in [-0.25, -0.2) is 9.78 Å². The van der Waals surface area contributed by atoms with Crippen molar-refractivity contribution in [3.05, 3.63) is 177 Å². The van der Waals surface area contributed by atoms with Crippen LogP contribution in [0.1, 0.15) is 45.0 Å². The van der Waals surface area contributed by atoms with E-state index in [2.05, 4.69) is 21.7 Å². The van der Waals surface area contributed by atoms with Crippen molar-refractivity contribution in [2.24, 2.45) is 0 Å². The maximum Gasteiger partial charge on any atom is 0.326 e. The number of ether oxygens (including phenoxy) is 2.